The van der Waals surface area contributed by atoms with Crippen molar-refractivity contribution in [2.24, 2.45) is 0 Å². The summed E-state index contributed by atoms with van der Waals surface area (Å²) < 4.78 is 0. The summed E-state index contributed by atoms with van der Waals surface area (Å²) in [5.41, 5.74) is 2.29. The zero-order valence-corrected chi connectivity index (χ0v) is 7.58. The third kappa shape index (κ3) is 3.90. The monoisotopic (exact) mass is 182 g/mol. The first-order chi connectivity index (χ1) is 6.33. The topological polar surface area (TPSA) is 62.1 Å². The maximum Gasteiger partial charge on any atom is 0.257 e. The first kappa shape index (κ1) is 10.0. The third-order valence-corrected chi connectivity index (χ3v) is 2.13. The SMILES string of the molecule is N#CCC(=O)NOC1CCCCC1. The van der Waals surface area contributed by atoms with E-state index < -0.39 is 0 Å². The Labute approximate surface area is 77.8 Å². The van der Waals surface area contributed by atoms with Crippen LogP contribution in [-0.4, -0.2) is 12.0 Å². The molecule has 0 unspecified atom stereocenters. The summed E-state index contributed by atoms with van der Waals surface area (Å²) in [7, 11) is 0. The summed E-state index contributed by atoms with van der Waals surface area (Å²) in [5, 5.41) is 8.21. The lowest BCUT2D eigenvalue weighted by Crippen LogP contribution is -2.30. The van der Waals surface area contributed by atoms with Crippen molar-refractivity contribution in [3.05, 3.63) is 0 Å². The number of carbonyl (C=O) groups is 1. The van der Waals surface area contributed by atoms with Gasteiger partial charge in [-0.05, 0) is 12.8 Å². The van der Waals surface area contributed by atoms with Gasteiger partial charge in [0.25, 0.3) is 5.91 Å². The lowest BCUT2D eigenvalue weighted by atomic mass is 9.98. The second-order valence-electron chi connectivity index (χ2n) is 3.24. The van der Waals surface area contributed by atoms with Gasteiger partial charge in [-0.25, -0.2) is 5.48 Å². The number of rotatable bonds is 3. The molecule has 0 bridgehead atoms. The van der Waals surface area contributed by atoms with Crippen LogP contribution in [0.4, 0.5) is 0 Å². The van der Waals surface area contributed by atoms with Crippen LogP contribution in [0.2, 0.25) is 0 Å². The molecular weight excluding hydrogens is 168 g/mol. The molecule has 4 nitrogen and oxygen atoms in total. The molecule has 0 atom stereocenters. The first-order valence-corrected chi connectivity index (χ1v) is 4.64. The lowest BCUT2D eigenvalue weighted by Gasteiger charge is -2.21. The van der Waals surface area contributed by atoms with E-state index in [1.807, 2.05) is 0 Å². The van der Waals surface area contributed by atoms with Crippen LogP contribution in [-0.2, 0) is 9.63 Å². The number of nitrogens with zero attached hydrogens (tertiary/aromatic N) is 1. The van der Waals surface area contributed by atoms with Crippen LogP contribution >= 0.6 is 0 Å². The number of amides is 1. The third-order valence-electron chi connectivity index (χ3n) is 2.13. The van der Waals surface area contributed by atoms with E-state index in [1.54, 1.807) is 6.07 Å². The predicted octanol–water partition coefficient (Wildman–Crippen LogP) is 1.28. The molecule has 0 heterocycles. The van der Waals surface area contributed by atoms with Crippen molar-refractivity contribution < 1.29 is 9.63 Å². The molecule has 0 aliphatic heterocycles. The maximum absolute atomic E-state index is 10.8. The van der Waals surface area contributed by atoms with Crippen LogP contribution in [0.15, 0.2) is 0 Å². The Morgan fingerprint density at radius 3 is 2.77 bits per heavy atom. The number of hydrogen-bond donors (Lipinski definition) is 1. The summed E-state index contributed by atoms with van der Waals surface area (Å²) in [6.45, 7) is 0. The van der Waals surface area contributed by atoms with E-state index in [2.05, 4.69) is 5.48 Å². The Morgan fingerprint density at radius 2 is 2.15 bits per heavy atom. The summed E-state index contributed by atoms with van der Waals surface area (Å²) >= 11 is 0. The quantitative estimate of drug-likeness (QED) is 0.669. The molecule has 1 amide bonds. The fourth-order valence-electron chi connectivity index (χ4n) is 1.44. The maximum atomic E-state index is 10.8. The van der Waals surface area contributed by atoms with Crippen molar-refractivity contribution in [3.63, 3.8) is 0 Å². The second-order valence-corrected chi connectivity index (χ2v) is 3.24. The normalized spacial score (nSPS) is 17.8. The fourth-order valence-corrected chi connectivity index (χ4v) is 1.44. The van der Waals surface area contributed by atoms with Crippen molar-refractivity contribution in [1.29, 1.82) is 5.26 Å². The molecule has 1 fully saturated rings. The predicted molar refractivity (Wildman–Crippen MR) is 46.3 cm³/mol. The molecule has 0 spiro atoms. The zero-order chi connectivity index (χ0) is 9.52. The first-order valence-electron chi connectivity index (χ1n) is 4.64. The van der Waals surface area contributed by atoms with Crippen molar-refractivity contribution in [3.8, 4) is 6.07 Å². The molecule has 4 heteroatoms. The zero-order valence-electron chi connectivity index (χ0n) is 7.58. The van der Waals surface area contributed by atoms with Gasteiger partial charge in [0.15, 0.2) is 0 Å². The van der Waals surface area contributed by atoms with Crippen molar-refractivity contribution >= 4 is 5.91 Å². The van der Waals surface area contributed by atoms with Crippen LogP contribution < -0.4 is 5.48 Å². The highest BCUT2D eigenvalue weighted by molar-refractivity contribution is 5.76. The lowest BCUT2D eigenvalue weighted by molar-refractivity contribution is -0.139. The highest BCUT2D eigenvalue weighted by Crippen LogP contribution is 2.19. The van der Waals surface area contributed by atoms with E-state index in [-0.39, 0.29) is 18.4 Å². The Balaban J connectivity index is 2.10. The number of hydrogen-bond acceptors (Lipinski definition) is 3. The molecule has 1 aliphatic rings. The van der Waals surface area contributed by atoms with Crippen LogP contribution in [0, 0.1) is 11.3 Å². The highest BCUT2D eigenvalue weighted by Gasteiger charge is 2.14. The van der Waals surface area contributed by atoms with E-state index in [0.717, 1.165) is 12.8 Å². The van der Waals surface area contributed by atoms with E-state index in [4.69, 9.17) is 10.1 Å². The van der Waals surface area contributed by atoms with Gasteiger partial charge in [0.1, 0.15) is 6.42 Å². The molecule has 1 rings (SSSR count). The molecule has 0 saturated heterocycles. The van der Waals surface area contributed by atoms with Gasteiger partial charge in [-0.15, -0.1) is 0 Å². The van der Waals surface area contributed by atoms with Gasteiger partial charge in [0.05, 0.1) is 12.2 Å². The smallest absolute Gasteiger partial charge is 0.257 e. The van der Waals surface area contributed by atoms with Gasteiger partial charge in [-0.3, -0.25) is 9.63 Å². The molecule has 0 aromatic heterocycles. The van der Waals surface area contributed by atoms with Gasteiger partial charge in [-0.2, -0.15) is 5.26 Å². The van der Waals surface area contributed by atoms with Gasteiger partial charge in [-0.1, -0.05) is 19.3 Å². The van der Waals surface area contributed by atoms with Gasteiger partial charge in [0, 0.05) is 0 Å². The summed E-state index contributed by atoms with van der Waals surface area (Å²) in [5.74, 6) is -0.354. The van der Waals surface area contributed by atoms with E-state index >= 15 is 0 Å². The Kier molecular flexibility index (Phi) is 4.27. The number of carbonyl (C=O) groups excluding carboxylic acids is 1. The summed E-state index contributed by atoms with van der Waals surface area (Å²) in [6.07, 6.45) is 5.62. The van der Waals surface area contributed by atoms with Crippen LogP contribution in [0.1, 0.15) is 38.5 Å². The van der Waals surface area contributed by atoms with Crippen LogP contribution in [0.25, 0.3) is 0 Å². The summed E-state index contributed by atoms with van der Waals surface area (Å²) in [4.78, 5) is 16.0. The van der Waals surface area contributed by atoms with Gasteiger partial charge < -0.3 is 0 Å². The van der Waals surface area contributed by atoms with Crippen molar-refractivity contribution in [2.75, 3.05) is 0 Å². The van der Waals surface area contributed by atoms with E-state index in [1.165, 1.54) is 19.3 Å². The molecule has 1 aliphatic carbocycles. The van der Waals surface area contributed by atoms with Crippen LogP contribution in [0.5, 0.6) is 0 Å². The molecule has 0 radical (unpaired) electrons. The van der Waals surface area contributed by atoms with Crippen molar-refractivity contribution in [1.82, 2.24) is 5.48 Å². The molecule has 13 heavy (non-hydrogen) atoms. The van der Waals surface area contributed by atoms with Crippen molar-refractivity contribution in [2.45, 2.75) is 44.6 Å². The Hall–Kier alpha value is -1.08. The van der Waals surface area contributed by atoms with E-state index in [9.17, 15) is 4.79 Å². The average Bonchev–Trinajstić information content (AvgIpc) is 2.17. The van der Waals surface area contributed by atoms with Gasteiger partial charge >= 0.3 is 0 Å². The highest BCUT2D eigenvalue weighted by atomic mass is 16.7. The molecule has 0 aromatic carbocycles. The largest absolute Gasteiger partial charge is 0.272 e. The molecule has 1 N–H and O–H groups in total. The van der Waals surface area contributed by atoms with Crippen LogP contribution in [0.3, 0.4) is 0 Å². The minimum Gasteiger partial charge on any atom is -0.272 e. The van der Waals surface area contributed by atoms with Gasteiger partial charge in [0.2, 0.25) is 0 Å². The average molecular weight is 182 g/mol. The molecule has 0 aromatic rings. The molecule has 1 saturated carbocycles. The Bertz CT molecular complexity index is 204. The summed E-state index contributed by atoms with van der Waals surface area (Å²) in [6, 6.07) is 1.76. The number of nitrogens with one attached hydrogen (secondary N) is 1. The Morgan fingerprint density at radius 1 is 1.46 bits per heavy atom. The molecular formula is C9H14N2O2. The fraction of sp³-hybridized carbons (Fsp3) is 0.778. The minimum atomic E-state index is -0.354. The molecule has 72 valence electrons. The standard InChI is InChI=1S/C9H14N2O2/c10-7-6-9(12)11-13-8-4-2-1-3-5-8/h8H,1-6H2,(H,11,12). The second kappa shape index (κ2) is 5.55. The number of hydroxylamine groups is 1. The number of nitriles is 1. The minimum absolute atomic E-state index is 0.132. The van der Waals surface area contributed by atoms with E-state index in [0.29, 0.717) is 0 Å².